The Morgan fingerprint density at radius 2 is 2.05 bits per heavy atom. The van der Waals surface area contributed by atoms with E-state index in [0.29, 0.717) is 17.1 Å². The molecule has 2 aromatic rings. The molecule has 1 heterocycles. The van der Waals surface area contributed by atoms with E-state index in [1.807, 2.05) is 25.1 Å². The summed E-state index contributed by atoms with van der Waals surface area (Å²) < 4.78 is 27.3. The summed E-state index contributed by atoms with van der Waals surface area (Å²) in [7, 11) is -1.72. The molecule has 0 unspecified atom stereocenters. The van der Waals surface area contributed by atoms with E-state index in [2.05, 4.69) is 10.0 Å². The fraction of sp³-hybridized carbons (Fsp3) is 0.231. The molecule has 19 heavy (non-hydrogen) atoms. The topological polar surface area (TPSA) is 58.2 Å². The van der Waals surface area contributed by atoms with Crippen LogP contribution in [0.4, 0.5) is 5.69 Å². The third-order valence-electron chi connectivity index (χ3n) is 2.60. The summed E-state index contributed by atoms with van der Waals surface area (Å²) >= 11 is 1.43. The summed E-state index contributed by atoms with van der Waals surface area (Å²) in [5.74, 6) is 0. The van der Waals surface area contributed by atoms with Crippen molar-refractivity contribution in [1.29, 1.82) is 0 Å². The van der Waals surface area contributed by atoms with Gasteiger partial charge in [-0.2, -0.15) is 0 Å². The average Bonchev–Trinajstić information content (AvgIpc) is 2.78. The Labute approximate surface area is 117 Å². The minimum atomic E-state index is -3.52. The second kappa shape index (κ2) is 5.73. The third kappa shape index (κ3) is 3.34. The van der Waals surface area contributed by atoms with Gasteiger partial charge < -0.3 is 5.32 Å². The van der Waals surface area contributed by atoms with E-state index in [1.165, 1.54) is 11.3 Å². The molecule has 0 saturated heterocycles. The molecule has 0 amide bonds. The molecular weight excluding hydrogens is 280 g/mol. The summed E-state index contributed by atoms with van der Waals surface area (Å²) in [4.78, 5) is 1.15. The monoisotopic (exact) mass is 296 g/mol. The summed E-state index contributed by atoms with van der Waals surface area (Å²) in [6.07, 6.45) is 0. The Morgan fingerprint density at radius 3 is 2.74 bits per heavy atom. The highest BCUT2D eigenvalue weighted by molar-refractivity contribution is 7.93. The summed E-state index contributed by atoms with van der Waals surface area (Å²) in [6, 6.07) is 8.94. The minimum Gasteiger partial charge on any atom is -0.315 e. The van der Waals surface area contributed by atoms with E-state index in [4.69, 9.17) is 0 Å². The van der Waals surface area contributed by atoms with Crippen molar-refractivity contribution in [3.63, 3.8) is 0 Å². The zero-order chi connectivity index (χ0) is 13.9. The molecule has 0 aliphatic carbocycles. The van der Waals surface area contributed by atoms with Crippen molar-refractivity contribution in [3.05, 3.63) is 46.2 Å². The second-order valence-corrected chi connectivity index (χ2v) is 6.86. The van der Waals surface area contributed by atoms with E-state index in [0.717, 1.165) is 10.4 Å². The van der Waals surface area contributed by atoms with Crippen LogP contribution < -0.4 is 10.0 Å². The first-order chi connectivity index (χ1) is 9.03. The first-order valence-electron chi connectivity index (χ1n) is 5.83. The number of benzene rings is 1. The predicted octanol–water partition coefficient (Wildman–Crippen LogP) is 2.58. The highest BCUT2D eigenvalue weighted by atomic mass is 32.2. The van der Waals surface area contributed by atoms with Gasteiger partial charge in [-0.3, -0.25) is 4.72 Å². The third-order valence-corrected chi connectivity index (χ3v) is 5.12. The Hall–Kier alpha value is -1.37. The first kappa shape index (κ1) is 14.0. The van der Waals surface area contributed by atoms with Crippen molar-refractivity contribution in [3.8, 4) is 0 Å². The van der Waals surface area contributed by atoms with Crippen molar-refractivity contribution in [2.24, 2.45) is 0 Å². The van der Waals surface area contributed by atoms with Crippen LogP contribution >= 0.6 is 11.3 Å². The number of aryl methyl sites for hydroxylation is 1. The van der Waals surface area contributed by atoms with Crippen LogP contribution in [0.2, 0.25) is 0 Å². The maximum Gasteiger partial charge on any atom is 0.263 e. The number of hydrogen-bond acceptors (Lipinski definition) is 4. The van der Waals surface area contributed by atoms with Gasteiger partial charge in [0.2, 0.25) is 0 Å². The molecule has 0 saturated carbocycles. The van der Waals surface area contributed by atoms with Crippen LogP contribution in [0.3, 0.4) is 0 Å². The Kier molecular flexibility index (Phi) is 4.24. The summed E-state index contributed by atoms with van der Waals surface area (Å²) in [5.41, 5.74) is 1.60. The quantitative estimate of drug-likeness (QED) is 0.891. The summed E-state index contributed by atoms with van der Waals surface area (Å²) in [5, 5.41) is 4.76. The number of thiophene rings is 1. The molecule has 4 nitrogen and oxygen atoms in total. The molecule has 6 heteroatoms. The van der Waals surface area contributed by atoms with Crippen LogP contribution in [0.1, 0.15) is 10.4 Å². The largest absolute Gasteiger partial charge is 0.315 e. The molecule has 102 valence electrons. The molecule has 0 aliphatic heterocycles. The van der Waals surface area contributed by atoms with E-state index in [9.17, 15) is 8.42 Å². The highest BCUT2D eigenvalue weighted by Crippen LogP contribution is 2.24. The number of rotatable bonds is 5. The smallest absolute Gasteiger partial charge is 0.263 e. The molecule has 0 fully saturated rings. The predicted molar refractivity (Wildman–Crippen MR) is 79.1 cm³/mol. The van der Waals surface area contributed by atoms with Crippen LogP contribution in [0.5, 0.6) is 0 Å². The summed E-state index contributed by atoms with van der Waals surface area (Å²) in [6.45, 7) is 2.47. The standard InChI is InChI=1S/C13H16N2O2S2/c1-10-4-3-5-11(8-10)15-19(16,17)13-6-7-18-12(13)9-14-2/h3-8,14-15H,9H2,1-2H3. The maximum atomic E-state index is 12.3. The molecule has 0 radical (unpaired) electrons. The molecule has 1 aromatic carbocycles. The van der Waals surface area contributed by atoms with E-state index >= 15 is 0 Å². The van der Waals surface area contributed by atoms with Gasteiger partial charge in [0.25, 0.3) is 10.0 Å². The van der Waals surface area contributed by atoms with Gasteiger partial charge >= 0.3 is 0 Å². The average molecular weight is 296 g/mol. The molecular formula is C13H16N2O2S2. The van der Waals surface area contributed by atoms with Crippen molar-refractivity contribution in [2.75, 3.05) is 11.8 Å². The van der Waals surface area contributed by atoms with Gasteiger partial charge in [0, 0.05) is 17.1 Å². The number of hydrogen-bond donors (Lipinski definition) is 2. The Balaban J connectivity index is 2.30. The molecule has 0 aliphatic rings. The molecule has 0 atom stereocenters. The van der Waals surface area contributed by atoms with Gasteiger partial charge in [-0.05, 0) is 43.1 Å². The zero-order valence-corrected chi connectivity index (χ0v) is 12.4. The van der Waals surface area contributed by atoms with Gasteiger partial charge in [0.15, 0.2) is 0 Å². The first-order valence-corrected chi connectivity index (χ1v) is 8.19. The van der Waals surface area contributed by atoms with Crippen LogP contribution in [-0.2, 0) is 16.6 Å². The zero-order valence-electron chi connectivity index (χ0n) is 10.8. The Morgan fingerprint density at radius 1 is 1.26 bits per heavy atom. The maximum absolute atomic E-state index is 12.3. The van der Waals surface area contributed by atoms with Gasteiger partial charge in [-0.1, -0.05) is 12.1 Å². The van der Waals surface area contributed by atoms with Crippen LogP contribution in [-0.4, -0.2) is 15.5 Å². The van der Waals surface area contributed by atoms with Crippen molar-refractivity contribution in [1.82, 2.24) is 5.32 Å². The van der Waals surface area contributed by atoms with Crippen LogP contribution in [0.15, 0.2) is 40.6 Å². The van der Waals surface area contributed by atoms with Gasteiger partial charge in [-0.15, -0.1) is 11.3 Å². The molecule has 0 bridgehead atoms. The molecule has 2 N–H and O–H groups in total. The van der Waals surface area contributed by atoms with Crippen LogP contribution in [0, 0.1) is 6.92 Å². The normalized spacial score (nSPS) is 11.5. The number of nitrogens with one attached hydrogen (secondary N) is 2. The van der Waals surface area contributed by atoms with E-state index in [1.54, 1.807) is 24.6 Å². The lowest BCUT2D eigenvalue weighted by atomic mass is 10.2. The number of sulfonamides is 1. The second-order valence-electron chi connectivity index (χ2n) is 4.21. The molecule has 1 aromatic heterocycles. The SMILES string of the molecule is CNCc1sccc1S(=O)(=O)Nc1cccc(C)c1. The van der Waals surface area contributed by atoms with Crippen molar-refractivity contribution in [2.45, 2.75) is 18.4 Å². The Bertz CT molecular complexity index is 663. The van der Waals surface area contributed by atoms with E-state index in [-0.39, 0.29) is 0 Å². The van der Waals surface area contributed by atoms with Crippen molar-refractivity contribution < 1.29 is 8.42 Å². The minimum absolute atomic E-state index is 0.341. The fourth-order valence-electron chi connectivity index (χ4n) is 1.78. The number of anilines is 1. The molecule has 2 rings (SSSR count). The molecule has 0 spiro atoms. The fourth-order valence-corrected chi connectivity index (χ4v) is 4.28. The van der Waals surface area contributed by atoms with Crippen LogP contribution in [0.25, 0.3) is 0 Å². The van der Waals surface area contributed by atoms with E-state index < -0.39 is 10.0 Å². The highest BCUT2D eigenvalue weighted by Gasteiger charge is 2.19. The van der Waals surface area contributed by atoms with Gasteiger partial charge in [0.05, 0.1) is 0 Å². The lowest BCUT2D eigenvalue weighted by Gasteiger charge is -2.09. The van der Waals surface area contributed by atoms with Gasteiger partial charge in [0.1, 0.15) is 4.90 Å². The van der Waals surface area contributed by atoms with Crippen molar-refractivity contribution >= 4 is 27.0 Å². The lowest BCUT2D eigenvalue weighted by Crippen LogP contribution is -2.15. The lowest BCUT2D eigenvalue weighted by molar-refractivity contribution is 0.600. The van der Waals surface area contributed by atoms with Gasteiger partial charge in [-0.25, -0.2) is 8.42 Å².